The molecular formula is C9H17F2N. The fraction of sp³-hybridized carbons (Fsp3) is 1.00. The maximum absolute atomic E-state index is 12.9. The van der Waals surface area contributed by atoms with E-state index in [0.29, 0.717) is 12.6 Å². The molecule has 1 fully saturated rings. The second-order valence-electron chi connectivity index (χ2n) is 3.99. The van der Waals surface area contributed by atoms with E-state index in [4.69, 9.17) is 0 Å². The average molecular weight is 177 g/mol. The molecule has 1 aliphatic rings. The Balaban J connectivity index is 2.54. The second kappa shape index (κ2) is 3.29. The number of hydrogen-bond acceptors (Lipinski definition) is 1. The zero-order chi connectivity index (χ0) is 9.35. The van der Waals surface area contributed by atoms with Crippen molar-refractivity contribution in [1.29, 1.82) is 0 Å². The standard InChI is InChI=1S/C9H17F2N/c1-7(2)12-5-4-9(10,11)6-8(12)3/h7-8H,4-6H2,1-3H3/t8-/m0/s1. The highest BCUT2D eigenvalue weighted by Gasteiger charge is 2.38. The minimum Gasteiger partial charge on any atom is -0.298 e. The number of hydrogen-bond donors (Lipinski definition) is 0. The van der Waals surface area contributed by atoms with E-state index >= 15 is 0 Å². The Kier molecular flexibility index (Phi) is 2.71. The van der Waals surface area contributed by atoms with Gasteiger partial charge in [0.1, 0.15) is 0 Å². The molecule has 0 radical (unpaired) electrons. The predicted molar refractivity (Wildman–Crippen MR) is 45.5 cm³/mol. The van der Waals surface area contributed by atoms with E-state index in [9.17, 15) is 8.78 Å². The molecule has 72 valence electrons. The van der Waals surface area contributed by atoms with E-state index in [1.807, 2.05) is 6.92 Å². The first-order chi connectivity index (χ1) is 5.42. The van der Waals surface area contributed by atoms with Crippen LogP contribution in [-0.4, -0.2) is 29.5 Å². The fourth-order valence-corrected chi connectivity index (χ4v) is 1.93. The number of alkyl halides is 2. The molecule has 1 aliphatic heterocycles. The molecule has 0 saturated carbocycles. The van der Waals surface area contributed by atoms with Crippen LogP contribution < -0.4 is 0 Å². The highest BCUT2D eigenvalue weighted by Crippen LogP contribution is 2.32. The van der Waals surface area contributed by atoms with Crippen LogP contribution in [0.25, 0.3) is 0 Å². The van der Waals surface area contributed by atoms with Gasteiger partial charge in [0.25, 0.3) is 5.92 Å². The first kappa shape index (κ1) is 9.90. The lowest BCUT2D eigenvalue weighted by atomic mass is 9.98. The minimum atomic E-state index is -2.43. The van der Waals surface area contributed by atoms with Gasteiger partial charge in [-0.15, -0.1) is 0 Å². The van der Waals surface area contributed by atoms with E-state index in [1.165, 1.54) is 0 Å². The molecule has 0 aromatic rings. The maximum Gasteiger partial charge on any atom is 0.250 e. The lowest BCUT2D eigenvalue weighted by molar-refractivity contribution is -0.0810. The largest absolute Gasteiger partial charge is 0.298 e. The molecule has 1 nitrogen and oxygen atoms in total. The summed E-state index contributed by atoms with van der Waals surface area (Å²) in [6, 6.07) is 0.407. The van der Waals surface area contributed by atoms with Crippen molar-refractivity contribution in [3.05, 3.63) is 0 Å². The van der Waals surface area contributed by atoms with E-state index < -0.39 is 5.92 Å². The Morgan fingerprint density at radius 1 is 1.42 bits per heavy atom. The summed E-state index contributed by atoms with van der Waals surface area (Å²) in [5, 5.41) is 0. The van der Waals surface area contributed by atoms with Crippen LogP contribution in [0.2, 0.25) is 0 Å². The molecule has 1 saturated heterocycles. The van der Waals surface area contributed by atoms with Crippen LogP contribution in [-0.2, 0) is 0 Å². The van der Waals surface area contributed by atoms with Crippen molar-refractivity contribution in [1.82, 2.24) is 4.90 Å². The maximum atomic E-state index is 12.9. The number of nitrogens with zero attached hydrogens (tertiary/aromatic N) is 1. The zero-order valence-electron chi connectivity index (χ0n) is 7.98. The molecule has 0 amide bonds. The van der Waals surface area contributed by atoms with Crippen LogP contribution in [0.5, 0.6) is 0 Å². The minimum absolute atomic E-state index is 0.0190. The smallest absolute Gasteiger partial charge is 0.250 e. The molecule has 1 heterocycles. The van der Waals surface area contributed by atoms with E-state index in [1.54, 1.807) is 0 Å². The predicted octanol–water partition coefficient (Wildman–Crippen LogP) is 2.51. The molecule has 0 aromatic carbocycles. The molecule has 0 bridgehead atoms. The van der Waals surface area contributed by atoms with Crippen molar-refractivity contribution in [3.63, 3.8) is 0 Å². The van der Waals surface area contributed by atoms with Crippen LogP contribution >= 0.6 is 0 Å². The Morgan fingerprint density at radius 3 is 2.42 bits per heavy atom. The van der Waals surface area contributed by atoms with Gasteiger partial charge >= 0.3 is 0 Å². The van der Waals surface area contributed by atoms with Crippen molar-refractivity contribution in [2.24, 2.45) is 0 Å². The van der Waals surface area contributed by atoms with Crippen LogP contribution in [0.1, 0.15) is 33.6 Å². The molecule has 0 N–H and O–H groups in total. The van der Waals surface area contributed by atoms with Crippen LogP contribution in [0.4, 0.5) is 8.78 Å². The first-order valence-corrected chi connectivity index (χ1v) is 4.56. The van der Waals surface area contributed by atoms with Gasteiger partial charge in [0.15, 0.2) is 0 Å². The van der Waals surface area contributed by atoms with Crippen molar-refractivity contribution in [2.45, 2.75) is 51.6 Å². The van der Waals surface area contributed by atoms with Gasteiger partial charge in [0, 0.05) is 31.5 Å². The first-order valence-electron chi connectivity index (χ1n) is 4.56. The highest BCUT2D eigenvalue weighted by molar-refractivity contribution is 4.84. The van der Waals surface area contributed by atoms with E-state index in [-0.39, 0.29) is 18.9 Å². The Morgan fingerprint density at radius 2 is 2.00 bits per heavy atom. The van der Waals surface area contributed by atoms with Crippen LogP contribution in [0.3, 0.4) is 0 Å². The molecular weight excluding hydrogens is 160 g/mol. The number of piperidine rings is 1. The second-order valence-corrected chi connectivity index (χ2v) is 3.99. The normalized spacial score (nSPS) is 31.0. The van der Waals surface area contributed by atoms with Gasteiger partial charge in [0.2, 0.25) is 0 Å². The monoisotopic (exact) mass is 177 g/mol. The molecule has 1 rings (SSSR count). The molecule has 0 unspecified atom stereocenters. The number of halogens is 2. The zero-order valence-corrected chi connectivity index (χ0v) is 7.98. The molecule has 0 aliphatic carbocycles. The van der Waals surface area contributed by atoms with Crippen LogP contribution in [0.15, 0.2) is 0 Å². The van der Waals surface area contributed by atoms with Gasteiger partial charge in [-0.3, -0.25) is 4.90 Å². The summed E-state index contributed by atoms with van der Waals surface area (Å²) < 4.78 is 25.7. The summed E-state index contributed by atoms with van der Waals surface area (Å²) in [4.78, 5) is 2.14. The summed E-state index contributed by atoms with van der Waals surface area (Å²) in [6.45, 7) is 6.53. The molecule has 3 heteroatoms. The summed E-state index contributed by atoms with van der Waals surface area (Å²) >= 11 is 0. The third-order valence-corrected chi connectivity index (χ3v) is 2.56. The Bertz CT molecular complexity index is 157. The lowest BCUT2D eigenvalue weighted by Gasteiger charge is -2.39. The quantitative estimate of drug-likeness (QED) is 0.595. The van der Waals surface area contributed by atoms with Gasteiger partial charge in [-0.05, 0) is 20.8 Å². The van der Waals surface area contributed by atoms with E-state index in [0.717, 1.165) is 0 Å². The third kappa shape index (κ3) is 2.16. The van der Waals surface area contributed by atoms with Crippen LogP contribution in [0, 0.1) is 0 Å². The van der Waals surface area contributed by atoms with E-state index in [2.05, 4.69) is 18.7 Å². The van der Waals surface area contributed by atoms with Gasteiger partial charge < -0.3 is 0 Å². The number of rotatable bonds is 1. The molecule has 0 spiro atoms. The van der Waals surface area contributed by atoms with Gasteiger partial charge in [-0.2, -0.15) is 0 Å². The SMILES string of the molecule is CC(C)N1CCC(F)(F)C[C@@H]1C. The summed E-state index contributed by atoms with van der Waals surface area (Å²) in [5.41, 5.74) is 0. The summed E-state index contributed by atoms with van der Waals surface area (Å²) in [5.74, 6) is -2.43. The Hall–Kier alpha value is -0.180. The van der Waals surface area contributed by atoms with Crippen molar-refractivity contribution in [3.8, 4) is 0 Å². The van der Waals surface area contributed by atoms with Crippen molar-refractivity contribution in [2.75, 3.05) is 6.54 Å². The summed E-state index contributed by atoms with van der Waals surface area (Å²) in [7, 11) is 0. The molecule has 0 aromatic heterocycles. The molecule has 1 atom stereocenters. The van der Waals surface area contributed by atoms with Gasteiger partial charge in [-0.1, -0.05) is 0 Å². The van der Waals surface area contributed by atoms with Crippen molar-refractivity contribution >= 4 is 0 Å². The highest BCUT2D eigenvalue weighted by atomic mass is 19.3. The number of likely N-dealkylation sites (tertiary alicyclic amines) is 1. The lowest BCUT2D eigenvalue weighted by Crippen LogP contribution is -2.48. The Labute approximate surface area is 72.7 Å². The topological polar surface area (TPSA) is 3.24 Å². The van der Waals surface area contributed by atoms with Gasteiger partial charge in [-0.25, -0.2) is 8.78 Å². The van der Waals surface area contributed by atoms with Crippen molar-refractivity contribution < 1.29 is 8.78 Å². The fourth-order valence-electron chi connectivity index (χ4n) is 1.93. The molecule has 12 heavy (non-hydrogen) atoms. The summed E-state index contributed by atoms with van der Waals surface area (Å²) in [6.07, 6.45) is 0.0424. The third-order valence-electron chi connectivity index (χ3n) is 2.56. The average Bonchev–Trinajstić information content (AvgIpc) is 1.83. The van der Waals surface area contributed by atoms with Gasteiger partial charge in [0.05, 0.1) is 0 Å².